The van der Waals surface area contributed by atoms with Gasteiger partial charge in [0.25, 0.3) is 0 Å². The molecule has 0 saturated carbocycles. The van der Waals surface area contributed by atoms with Crippen LogP contribution in [0.4, 0.5) is 5.69 Å². The molecule has 1 N–H and O–H groups in total. The SMILES string of the molecule is CSc1ccc(S(=O)(=O)N2CCCC2)cc1NC(=O)C(C)C. The van der Waals surface area contributed by atoms with Gasteiger partial charge in [0.1, 0.15) is 0 Å². The number of nitrogens with zero attached hydrogens (tertiary/aromatic N) is 1. The Morgan fingerprint density at radius 1 is 1.27 bits per heavy atom. The van der Waals surface area contributed by atoms with Crippen LogP contribution in [-0.2, 0) is 14.8 Å². The van der Waals surface area contributed by atoms with Crippen molar-refractivity contribution in [3.63, 3.8) is 0 Å². The summed E-state index contributed by atoms with van der Waals surface area (Å²) in [5.74, 6) is -0.278. The number of anilines is 1. The first-order chi connectivity index (χ1) is 10.4. The van der Waals surface area contributed by atoms with Crippen LogP contribution in [-0.4, -0.2) is 38.0 Å². The van der Waals surface area contributed by atoms with E-state index in [0.29, 0.717) is 18.8 Å². The second-order valence-corrected chi connectivity index (χ2v) is 8.40. The van der Waals surface area contributed by atoms with Crippen molar-refractivity contribution in [2.75, 3.05) is 24.7 Å². The molecule has 7 heteroatoms. The Hall–Kier alpha value is -1.05. The molecule has 0 unspecified atom stereocenters. The molecule has 1 aromatic rings. The van der Waals surface area contributed by atoms with Crippen LogP contribution < -0.4 is 5.32 Å². The number of hydrogen-bond acceptors (Lipinski definition) is 4. The second-order valence-electron chi connectivity index (χ2n) is 5.62. The van der Waals surface area contributed by atoms with Crippen LogP contribution in [0.2, 0.25) is 0 Å². The predicted molar refractivity (Wildman–Crippen MR) is 89.7 cm³/mol. The molecule has 1 aromatic carbocycles. The van der Waals surface area contributed by atoms with Gasteiger partial charge in [0, 0.05) is 23.9 Å². The standard InChI is InChI=1S/C15H22N2O3S2/c1-11(2)15(18)16-13-10-12(6-7-14(13)21-3)22(19,20)17-8-4-5-9-17/h6-7,10-11H,4-5,8-9H2,1-3H3,(H,16,18). The molecular weight excluding hydrogens is 320 g/mol. The molecule has 1 amide bonds. The Bertz CT molecular complexity index is 651. The van der Waals surface area contributed by atoms with Crippen LogP contribution in [0.25, 0.3) is 0 Å². The quantitative estimate of drug-likeness (QED) is 0.836. The van der Waals surface area contributed by atoms with E-state index in [1.807, 2.05) is 6.26 Å². The third kappa shape index (κ3) is 3.64. The normalized spacial score (nSPS) is 16.2. The molecule has 5 nitrogen and oxygen atoms in total. The van der Waals surface area contributed by atoms with Crippen LogP contribution in [0.15, 0.2) is 28.0 Å². The lowest BCUT2D eigenvalue weighted by Crippen LogP contribution is -2.28. The second kappa shape index (κ2) is 7.02. The van der Waals surface area contributed by atoms with Gasteiger partial charge in [0.15, 0.2) is 0 Å². The van der Waals surface area contributed by atoms with Gasteiger partial charge in [-0.3, -0.25) is 4.79 Å². The summed E-state index contributed by atoms with van der Waals surface area (Å²) in [6, 6.07) is 4.94. The summed E-state index contributed by atoms with van der Waals surface area (Å²) in [7, 11) is -3.47. The summed E-state index contributed by atoms with van der Waals surface area (Å²) in [4.78, 5) is 13.0. The van der Waals surface area contributed by atoms with Crippen LogP contribution in [0.3, 0.4) is 0 Å². The zero-order valence-electron chi connectivity index (χ0n) is 13.1. The molecule has 22 heavy (non-hydrogen) atoms. The van der Waals surface area contributed by atoms with Crippen molar-refractivity contribution in [3.05, 3.63) is 18.2 Å². The van der Waals surface area contributed by atoms with E-state index >= 15 is 0 Å². The van der Waals surface area contributed by atoms with E-state index in [-0.39, 0.29) is 16.7 Å². The van der Waals surface area contributed by atoms with E-state index < -0.39 is 10.0 Å². The molecule has 0 aliphatic carbocycles. The fourth-order valence-corrected chi connectivity index (χ4v) is 4.38. The van der Waals surface area contributed by atoms with Crippen molar-refractivity contribution in [1.82, 2.24) is 4.31 Å². The van der Waals surface area contributed by atoms with Gasteiger partial charge >= 0.3 is 0 Å². The van der Waals surface area contributed by atoms with Crippen molar-refractivity contribution in [3.8, 4) is 0 Å². The third-order valence-electron chi connectivity index (χ3n) is 3.66. The average Bonchev–Trinajstić information content (AvgIpc) is 3.02. The van der Waals surface area contributed by atoms with Crippen molar-refractivity contribution >= 4 is 33.4 Å². The van der Waals surface area contributed by atoms with E-state index in [0.717, 1.165) is 17.7 Å². The topological polar surface area (TPSA) is 66.5 Å². The van der Waals surface area contributed by atoms with Gasteiger partial charge in [0.2, 0.25) is 15.9 Å². The number of benzene rings is 1. The Kier molecular flexibility index (Phi) is 5.52. The first-order valence-corrected chi connectivity index (χ1v) is 10.0. The minimum Gasteiger partial charge on any atom is -0.325 e. The van der Waals surface area contributed by atoms with Gasteiger partial charge in [0.05, 0.1) is 10.6 Å². The minimum atomic E-state index is -3.47. The lowest BCUT2D eigenvalue weighted by atomic mass is 10.2. The lowest BCUT2D eigenvalue weighted by molar-refractivity contribution is -0.118. The molecule has 1 saturated heterocycles. The molecule has 1 fully saturated rings. The highest BCUT2D eigenvalue weighted by molar-refractivity contribution is 7.98. The Morgan fingerprint density at radius 2 is 1.91 bits per heavy atom. The molecule has 0 radical (unpaired) electrons. The van der Waals surface area contributed by atoms with Gasteiger partial charge in [-0.25, -0.2) is 8.42 Å². The fraction of sp³-hybridized carbons (Fsp3) is 0.533. The summed E-state index contributed by atoms with van der Waals surface area (Å²) in [6.07, 6.45) is 3.70. The summed E-state index contributed by atoms with van der Waals surface area (Å²) < 4.78 is 26.7. The first kappa shape index (κ1) is 17.3. The molecule has 0 aromatic heterocycles. The van der Waals surface area contributed by atoms with Crippen LogP contribution in [0.1, 0.15) is 26.7 Å². The molecule has 0 atom stereocenters. The van der Waals surface area contributed by atoms with Crippen LogP contribution in [0, 0.1) is 5.92 Å². The van der Waals surface area contributed by atoms with Gasteiger partial charge in [-0.1, -0.05) is 13.8 Å². The molecule has 122 valence electrons. The molecule has 2 rings (SSSR count). The maximum Gasteiger partial charge on any atom is 0.243 e. The molecule has 1 heterocycles. The van der Waals surface area contributed by atoms with E-state index in [9.17, 15) is 13.2 Å². The molecule has 0 bridgehead atoms. The highest BCUT2D eigenvalue weighted by Gasteiger charge is 2.27. The molecule has 0 spiro atoms. The smallest absolute Gasteiger partial charge is 0.243 e. The van der Waals surface area contributed by atoms with Crippen molar-refractivity contribution in [2.45, 2.75) is 36.5 Å². The number of amides is 1. The van der Waals surface area contributed by atoms with Gasteiger partial charge in [-0.05, 0) is 37.3 Å². The van der Waals surface area contributed by atoms with Gasteiger partial charge in [-0.2, -0.15) is 4.31 Å². The Balaban J connectivity index is 2.36. The van der Waals surface area contributed by atoms with E-state index in [4.69, 9.17) is 0 Å². The van der Waals surface area contributed by atoms with Gasteiger partial charge in [-0.15, -0.1) is 11.8 Å². The highest BCUT2D eigenvalue weighted by atomic mass is 32.2. The Morgan fingerprint density at radius 3 is 2.45 bits per heavy atom. The van der Waals surface area contributed by atoms with E-state index in [2.05, 4.69) is 5.32 Å². The van der Waals surface area contributed by atoms with Crippen molar-refractivity contribution < 1.29 is 13.2 Å². The fourth-order valence-electron chi connectivity index (χ4n) is 2.30. The maximum atomic E-state index is 12.6. The number of carbonyl (C=O) groups is 1. The number of nitrogens with one attached hydrogen (secondary N) is 1. The predicted octanol–water partition coefficient (Wildman–Crippen LogP) is 2.79. The monoisotopic (exact) mass is 342 g/mol. The third-order valence-corrected chi connectivity index (χ3v) is 6.35. The molecular formula is C15H22N2O3S2. The Labute approximate surface area is 136 Å². The summed E-state index contributed by atoms with van der Waals surface area (Å²) in [5.41, 5.74) is 0.562. The van der Waals surface area contributed by atoms with E-state index in [1.165, 1.54) is 16.1 Å². The van der Waals surface area contributed by atoms with Crippen molar-refractivity contribution in [1.29, 1.82) is 0 Å². The van der Waals surface area contributed by atoms with Crippen molar-refractivity contribution in [2.24, 2.45) is 5.92 Å². The number of carbonyl (C=O) groups excluding carboxylic acids is 1. The zero-order valence-corrected chi connectivity index (χ0v) is 14.8. The van der Waals surface area contributed by atoms with E-state index in [1.54, 1.807) is 32.0 Å². The summed E-state index contributed by atoms with van der Waals surface area (Å²) >= 11 is 1.48. The minimum absolute atomic E-state index is 0.119. The highest BCUT2D eigenvalue weighted by Crippen LogP contribution is 2.30. The zero-order chi connectivity index (χ0) is 16.3. The average molecular weight is 342 g/mol. The lowest BCUT2D eigenvalue weighted by Gasteiger charge is -2.18. The number of sulfonamides is 1. The van der Waals surface area contributed by atoms with Crippen LogP contribution >= 0.6 is 11.8 Å². The van der Waals surface area contributed by atoms with Gasteiger partial charge < -0.3 is 5.32 Å². The number of hydrogen-bond donors (Lipinski definition) is 1. The summed E-state index contributed by atoms with van der Waals surface area (Å²) in [5, 5.41) is 2.82. The first-order valence-electron chi connectivity index (χ1n) is 7.35. The summed E-state index contributed by atoms with van der Waals surface area (Å²) in [6.45, 7) is 4.75. The largest absolute Gasteiger partial charge is 0.325 e. The maximum absolute atomic E-state index is 12.6. The molecule has 1 aliphatic rings. The molecule has 1 aliphatic heterocycles. The number of thioether (sulfide) groups is 1. The number of rotatable bonds is 5. The van der Waals surface area contributed by atoms with Crippen LogP contribution in [0.5, 0.6) is 0 Å².